The monoisotopic (exact) mass is 342 g/mol. The van der Waals surface area contributed by atoms with Crippen molar-refractivity contribution in [3.05, 3.63) is 28.2 Å². The van der Waals surface area contributed by atoms with E-state index in [0.717, 1.165) is 0 Å². The number of nitrogens with two attached hydrogens (primary N) is 1. The molecule has 1 fully saturated rings. The summed E-state index contributed by atoms with van der Waals surface area (Å²) in [5, 5.41) is 9.31. The number of methoxy groups -OCH3 is 1. The van der Waals surface area contributed by atoms with E-state index in [9.17, 15) is 14.7 Å². The molecular formula is C13H15BrN2O4. The fourth-order valence-electron chi connectivity index (χ4n) is 2.36. The lowest BCUT2D eigenvalue weighted by Gasteiger charge is -2.24. The van der Waals surface area contributed by atoms with E-state index in [2.05, 4.69) is 15.9 Å². The lowest BCUT2D eigenvalue weighted by molar-refractivity contribution is -0.138. The number of carbonyl (C=O) groups is 2. The summed E-state index contributed by atoms with van der Waals surface area (Å²) in [5.74, 6) is -1.42. The first-order valence-electron chi connectivity index (χ1n) is 6.05. The van der Waals surface area contributed by atoms with Crippen molar-refractivity contribution in [1.29, 1.82) is 0 Å². The Hall–Kier alpha value is -1.60. The first-order valence-corrected chi connectivity index (χ1v) is 6.85. The van der Waals surface area contributed by atoms with Crippen molar-refractivity contribution in [2.75, 3.05) is 18.6 Å². The maximum atomic E-state index is 11.3. The third kappa shape index (κ3) is 2.78. The van der Waals surface area contributed by atoms with Gasteiger partial charge in [-0.05, 0) is 34.1 Å². The highest BCUT2D eigenvalue weighted by molar-refractivity contribution is 9.10. The van der Waals surface area contributed by atoms with Gasteiger partial charge in [-0.1, -0.05) is 0 Å². The van der Waals surface area contributed by atoms with Crippen molar-refractivity contribution in [1.82, 2.24) is 0 Å². The van der Waals surface area contributed by atoms with Crippen LogP contribution in [-0.4, -0.2) is 42.8 Å². The van der Waals surface area contributed by atoms with Crippen molar-refractivity contribution in [2.45, 2.75) is 18.6 Å². The second-order valence-corrected chi connectivity index (χ2v) is 5.48. The molecule has 2 unspecified atom stereocenters. The largest absolute Gasteiger partial charge is 0.480 e. The molecule has 3 N–H and O–H groups in total. The normalized spacial score (nSPS) is 22.0. The van der Waals surface area contributed by atoms with Crippen LogP contribution in [0.1, 0.15) is 16.8 Å². The molecule has 1 heterocycles. The van der Waals surface area contributed by atoms with Gasteiger partial charge in [0.25, 0.3) is 0 Å². The van der Waals surface area contributed by atoms with E-state index in [1.54, 1.807) is 30.2 Å². The molecule has 7 heteroatoms. The highest BCUT2D eigenvalue weighted by Gasteiger charge is 2.37. The van der Waals surface area contributed by atoms with Crippen molar-refractivity contribution in [3.63, 3.8) is 0 Å². The Kier molecular flexibility index (Phi) is 4.29. The number of carboxylic acids is 1. The van der Waals surface area contributed by atoms with E-state index >= 15 is 0 Å². The van der Waals surface area contributed by atoms with Gasteiger partial charge in [-0.3, -0.25) is 4.79 Å². The topological polar surface area (TPSA) is 92.9 Å². The Balaban J connectivity index is 2.34. The summed E-state index contributed by atoms with van der Waals surface area (Å²) >= 11 is 3.36. The number of benzene rings is 1. The van der Waals surface area contributed by atoms with Gasteiger partial charge >= 0.3 is 5.97 Å². The summed E-state index contributed by atoms with van der Waals surface area (Å²) in [6.07, 6.45) is 0.300. The molecule has 0 radical (unpaired) electrons. The Bertz CT molecular complexity index is 549. The zero-order valence-electron chi connectivity index (χ0n) is 10.9. The van der Waals surface area contributed by atoms with Gasteiger partial charge < -0.3 is 20.5 Å². The number of carboxylic acid groups (broad SMARTS) is 1. The number of nitrogens with zero attached hydrogens (tertiary/aromatic N) is 1. The van der Waals surface area contributed by atoms with Crippen LogP contribution in [0.25, 0.3) is 0 Å². The second kappa shape index (κ2) is 5.80. The van der Waals surface area contributed by atoms with E-state index < -0.39 is 17.9 Å². The third-order valence-electron chi connectivity index (χ3n) is 3.42. The summed E-state index contributed by atoms with van der Waals surface area (Å²) in [6.45, 7) is 0.488. The number of amides is 1. The van der Waals surface area contributed by atoms with Crippen molar-refractivity contribution in [2.24, 2.45) is 5.73 Å². The molecule has 2 atom stereocenters. The first-order chi connectivity index (χ1) is 9.43. The molecule has 1 aromatic carbocycles. The predicted molar refractivity (Wildman–Crippen MR) is 76.8 cm³/mol. The fourth-order valence-corrected chi connectivity index (χ4v) is 2.97. The van der Waals surface area contributed by atoms with E-state index in [-0.39, 0.29) is 6.10 Å². The molecule has 1 aliphatic rings. The van der Waals surface area contributed by atoms with Crippen LogP contribution in [0.5, 0.6) is 0 Å². The van der Waals surface area contributed by atoms with Gasteiger partial charge in [0.15, 0.2) is 0 Å². The standard InChI is InChI=1S/C13H15BrN2O4/c1-20-8-5-11(13(18)19)16(6-8)10-3-2-7(12(15)17)4-9(10)14/h2-4,8,11H,5-6H2,1H3,(H2,15,17)(H,18,19). The molecule has 0 aromatic heterocycles. The minimum absolute atomic E-state index is 0.126. The van der Waals surface area contributed by atoms with Gasteiger partial charge in [0.1, 0.15) is 6.04 Å². The lowest BCUT2D eigenvalue weighted by atomic mass is 10.1. The summed E-state index contributed by atoms with van der Waals surface area (Å²) < 4.78 is 5.89. The Morgan fingerprint density at radius 1 is 1.50 bits per heavy atom. The van der Waals surface area contributed by atoms with Crippen molar-refractivity contribution < 1.29 is 19.4 Å². The molecule has 1 saturated heterocycles. The van der Waals surface area contributed by atoms with E-state index in [0.29, 0.717) is 28.7 Å². The van der Waals surface area contributed by atoms with Crippen LogP contribution < -0.4 is 10.6 Å². The number of aliphatic carboxylic acids is 1. The molecule has 20 heavy (non-hydrogen) atoms. The number of anilines is 1. The van der Waals surface area contributed by atoms with Crippen molar-refractivity contribution in [3.8, 4) is 0 Å². The number of carbonyl (C=O) groups excluding carboxylic acids is 1. The molecule has 0 saturated carbocycles. The molecule has 1 amide bonds. The Morgan fingerprint density at radius 3 is 2.70 bits per heavy atom. The zero-order valence-corrected chi connectivity index (χ0v) is 12.5. The summed E-state index contributed by atoms with van der Waals surface area (Å²) in [7, 11) is 1.57. The molecule has 108 valence electrons. The average molecular weight is 343 g/mol. The van der Waals surface area contributed by atoms with Crippen LogP contribution in [0, 0.1) is 0 Å². The highest BCUT2D eigenvalue weighted by atomic mass is 79.9. The Morgan fingerprint density at radius 2 is 2.20 bits per heavy atom. The highest BCUT2D eigenvalue weighted by Crippen LogP contribution is 2.33. The van der Waals surface area contributed by atoms with Gasteiger partial charge in [-0.2, -0.15) is 0 Å². The molecule has 0 spiro atoms. The molecule has 6 nitrogen and oxygen atoms in total. The smallest absolute Gasteiger partial charge is 0.326 e. The van der Waals surface area contributed by atoms with E-state index in [1.165, 1.54) is 0 Å². The minimum Gasteiger partial charge on any atom is -0.480 e. The van der Waals surface area contributed by atoms with Crippen LogP contribution in [0.15, 0.2) is 22.7 Å². The van der Waals surface area contributed by atoms with Crippen LogP contribution in [0.3, 0.4) is 0 Å². The number of ether oxygens (including phenoxy) is 1. The quantitative estimate of drug-likeness (QED) is 0.858. The SMILES string of the molecule is COC1CC(C(=O)O)N(c2ccc(C(N)=O)cc2Br)C1. The summed E-state index contributed by atoms with van der Waals surface area (Å²) in [6, 6.07) is 4.23. The molecule has 0 aliphatic carbocycles. The number of halogens is 1. The molecule has 1 aliphatic heterocycles. The maximum Gasteiger partial charge on any atom is 0.326 e. The van der Waals surface area contributed by atoms with Crippen LogP contribution in [0.4, 0.5) is 5.69 Å². The van der Waals surface area contributed by atoms with Gasteiger partial charge in [0.2, 0.25) is 5.91 Å². The first kappa shape index (κ1) is 14.8. The number of primary amides is 1. The van der Waals surface area contributed by atoms with Crippen LogP contribution in [-0.2, 0) is 9.53 Å². The third-order valence-corrected chi connectivity index (χ3v) is 4.06. The predicted octanol–water partition coefficient (Wildman–Crippen LogP) is 1.23. The zero-order chi connectivity index (χ0) is 14.9. The van der Waals surface area contributed by atoms with Crippen molar-refractivity contribution >= 4 is 33.5 Å². The van der Waals surface area contributed by atoms with Gasteiger partial charge in [0, 0.05) is 30.1 Å². The maximum absolute atomic E-state index is 11.3. The number of hydrogen-bond donors (Lipinski definition) is 2. The van der Waals surface area contributed by atoms with Gasteiger partial charge in [0.05, 0.1) is 11.8 Å². The number of rotatable bonds is 4. The molecule has 2 rings (SSSR count). The number of hydrogen-bond acceptors (Lipinski definition) is 4. The molecular weight excluding hydrogens is 328 g/mol. The fraction of sp³-hybridized carbons (Fsp3) is 0.385. The van der Waals surface area contributed by atoms with E-state index in [4.69, 9.17) is 10.5 Å². The lowest BCUT2D eigenvalue weighted by Crippen LogP contribution is -2.36. The second-order valence-electron chi connectivity index (χ2n) is 4.63. The van der Waals surface area contributed by atoms with Gasteiger partial charge in [-0.15, -0.1) is 0 Å². The molecule has 1 aromatic rings. The summed E-state index contributed by atoms with van der Waals surface area (Å²) in [4.78, 5) is 24.2. The Labute approximate surface area is 124 Å². The average Bonchev–Trinajstić information content (AvgIpc) is 2.82. The van der Waals surface area contributed by atoms with Crippen LogP contribution >= 0.6 is 15.9 Å². The molecule has 0 bridgehead atoms. The van der Waals surface area contributed by atoms with Gasteiger partial charge in [-0.25, -0.2) is 4.79 Å². The summed E-state index contributed by atoms with van der Waals surface area (Å²) in [5.41, 5.74) is 6.30. The van der Waals surface area contributed by atoms with E-state index in [1.807, 2.05) is 0 Å². The van der Waals surface area contributed by atoms with Crippen LogP contribution in [0.2, 0.25) is 0 Å². The minimum atomic E-state index is -0.893.